The van der Waals surface area contributed by atoms with E-state index in [2.05, 4.69) is 24.1 Å². The van der Waals surface area contributed by atoms with E-state index in [0.717, 1.165) is 19.0 Å². The van der Waals surface area contributed by atoms with Gasteiger partial charge in [-0.25, -0.2) is 8.78 Å². The SMILES string of the molecule is COc1ccc(F)c(F)c1C(=O)N[C@H]1C[C@H]2CO[C@H](C(C)C)CN2C1. The maximum Gasteiger partial charge on any atom is 0.258 e. The number of amides is 1. The second-order valence-corrected chi connectivity index (χ2v) is 7.07. The maximum absolute atomic E-state index is 14.1. The fourth-order valence-corrected chi connectivity index (χ4v) is 3.58. The quantitative estimate of drug-likeness (QED) is 0.901. The molecule has 0 spiro atoms. The van der Waals surface area contributed by atoms with Crippen LogP contribution >= 0.6 is 0 Å². The van der Waals surface area contributed by atoms with Crippen molar-refractivity contribution in [1.82, 2.24) is 10.2 Å². The Bertz CT molecular complexity index is 653. The van der Waals surface area contributed by atoms with Crippen molar-refractivity contribution in [3.05, 3.63) is 29.3 Å². The monoisotopic (exact) mass is 354 g/mol. The van der Waals surface area contributed by atoms with Gasteiger partial charge in [-0.15, -0.1) is 0 Å². The number of carbonyl (C=O) groups excluding carboxylic acids is 1. The summed E-state index contributed by atoms with van der Waals surface area (Å²) in [7, 11) is 1.32. The van der Waals surface area contributed by atoms with E-state index >= 15 is 0 Å². The molecule has 0 radical (unpaired) electrons. The van der Waals surface area contributed by atoms with E-state index in [9.17, 15) is 13.6 Å². The van der Waals surface area contributed by atoms with E-state index in [1.54, 1.807) is 0 Å². The summed E-state index contributed by atoms with van der Waals surface area (Å²) < 4.78 is 38.4. The number of fused-ring (bicyclic) bond motifs is 1. The second kappa shape index (κ2) is 7.25. The molecule has 25 heavy (non-hydrogen) atoms. The molecule has 1 aromatic rings. The Morgan fingerprint density at radius 2 is 2.12 bits per heavy atom. The Labute approximate surface area is 146 Å². The van der Waals surface area contributed by atoms with Gasteiger partial charge in [0.2, 0.25) is 0 Å². The molecule has 2 heterocycles. The van der Waals surface area contributed by atoms with Crippen LogP contribution in [0.1, 0.15) is 30.6 Å². The topological polar surface area (TPSA) is 50.8 Å². The van der Waals surface area contributed by atoms with Crippen molar-refractivity contribution in [3.8, 4) is 5.75 Å². The number of rotatable bonds is 4. The highest BCUT2D eigenvalue weighted by atomic mass is 19.2. The second-order valence-electron chi connectivity index (χ2n) is 7.07. The van der Waals surface area contributed by atoms with Gasteiger partial charge in [-0.2, -0.15) is 0 Å². The van der Waals surface area contributed by atoms with Gasteiger partial charge in [0.05, 0.1) is 19.8 Å². The highest BCUT2D eigenvalue weighted by molar-refractivity contribution is 5.97. The maximum atomic E-state index is 14.1. The molecule has 0 bridgehead atoms. The van der Waals surface area contributed by atoms with Crippen LogP contribution in [0.4, 0.5) is 8.78 Å². The molecule has 1 aromatic carbocycles. The number of hydrogen-bond acceptors (Lipinski definition) is 4. The number of ether oxygens (including phenoxy) is 2. The van der Waals surface area contributed by atoms with Crippen LogP contribution in [0, 0.1) is 17.6 Å². The Hall–Kier alpha value is -1.73. The minimum Gasteiger partial charge on any atom is -0.496 e. The zero-order chi connectivity index (χ0) is 18.1. The van der Waals surface area contributed by atoms with Crippen LogP contribution in [-0.2, 0) is 4.74 Å². The molecule has 1 N–H and O–H groups in total. The molecule has 3 rings (SSSR count). The van der Waals surface area contributed by atoms with Gasteiger partial charge in [0, 0.05) is 25.2 Å². The minimum absolute atomic E-state index is 0.0234. The fourth-order valence-electron chi connectivity index (χ4n) is 3.58. The van der Waals surface area contributed by atoms with Gasteiger partial charge in [-0.05, 0) is 24.5 Å². The van der Waals surface area contributed by atoms with Gasteiger partial charge in [0.25, 0.3) is 5.91 Å². The molecule has 0 aromatic heterocycles. The first-order chi connectivity index (χ1) is 11.9. The summed E-state index contributed by atoms with van der Waals surface area (Å²) in [5.41, 5.74) is -0.385. The summed E-state index contributed by atoms with van der Waals surface area (Å²) in [6.07, 6.45) is 0.918. The van der Waals surface area contributed by atoms with E-state index < -0.39 is 17.5 Å². The van der Waals surface area contributed by atoms with E-state index in [0.29, 0.717) is 19.1 Å². The van der Waals surface area contributed by atoms with Crippen LogP contribution < -0.4 is 10.1 Å². The molecule has 2 aliphatic rings. The van der Waals surface area contributed by atoms with Crippen molar-refractivity contribution in [1.29, 1.82) is 0 Å². The number of nitrogens with zero attached hydrogens (tertiary/aromatic N) is 1. The smallest absolute Gasteiger partial charge is 0.258 e. The molecular formula is C18H24F2N2O3. The van der Waals surface area contributed by atoms with Crippen LogP contribution in [0.15, 0.2) is 12.1 Å². The molecule has 2 saturated heterocycles. The van der Waals surface area contributed by atoms with Gasteiger partial charge >= 0.3 is 0 Å². The van der Waals surface area contributed by atoms with E-state index in [4.69, 9.17) is 9.47 Å². The van der Waals surface area contributed by atoms with Crippen molar-refractivity contribution in [3.63, 3.8) is 0 Å². The van der Waals surface area contributed by atoms with E-state index in [1.807, 2.05) is 0 Å². The van der Waals surface area contributed by atoms with Crippen LogP contribution in [0.3, 0.4) is 0 Å². The van der Waals surface area contributed by atoms with Crippen LogP contribution in [0.5, 0.6) is 5.75 Å². The van der Waals surface area contributed by atoms with Gasteiger partial charge in [-0.3, -0.25) is 9.69 Å². The predicted octanol–water partition coefficient (Wildman–Crippen LogP) is 2.20. The predicted molar refractivity (Wildman–Crippen MR) is 88.7 cm³/mol. The third-order valence-electron chi connectivity index (χ3n) is 5.03. The van der Waals surface area contributed by atoms with E-state index in [1.165, 1.54) is 13.2 Å². The molecule has 138 valence electrons. The molecule has 3 atom stereocenters. The summed E-state index contributed by atoms with van der Waals surface area (Å²) in [6, 6.07) is 2.33. The number of methoxy groups -OCH3 is 1. The third kappa shape index (κ3) is 3.62. The van der Waals surface area contributed by atoms with Gasteiger partial charge in [-0.1, -0.05) is 13.8 Å². The summed E-state index contributed by atoms with van der Waals surface area (Å²) in [5.74, 6) is -2.45. The first-order valence-electron chi connectivity index (χ1n) is 8.59. The number of morpholine rings is 1. The molecule has 1 amide bonds. The van der Waals surface area contributed by atoms with Gasteiger partial charge in [0.1, 0.15) is 11.3 Å². The Morgan fingerprint density at radius 3 is 2.80 bits per heavy atom. The molecule has 0 saturated carbocycles. The summed E-state index contributed by atoms with van der Waals surface area (Å²) in [5, 5.41) is 2.82. The summed E-state index contributed by atoms with van der Waals surface area (Å²) >= 11 is 0. The number of hydrogen-bond donors (Lipinski definition) is 1. The Kier molecular flexibility index (Phi) is 5.24. The largest absolute Gasteiger partial charge is 0.496 e. The van der Waals surface area contributed by atoms with Crippen molar-refractivity contribution < 1.29 is 23.0 Å². The molecular weight excluding hydrogens is 330 g/mol. The van der Waals surface area contributed by atoms with Crippen molar-refractivity contribution in [2.45, 2.75) is 38.5 Å². The summed E-state index contributed by atoms with van der Waals surface area (Å²) in [6.45, 7) is 6.39. The summed E-state index contributed by atoms with van der Waals surface area (Å²) in [4.78, 5) is 14.8. The highest BCUT2D eigenvalue weighted by Crippen LogP contribution is 2.27. The number of benzene rings is 1. The van der Waals surface area contributed by atoms with Crippen LogP contribution in [0.2, 0.25) is 0 Å². The normalized spacial score (nSPS) is 26.6. The fraction of sp³-hybridized carbons (Fsp3) is 0.611. The van der Waals surface area contributed by atoms with E-state index in [-0.39, 0.29) is 29.5 Å². The first-order valence-corrected chi connectivity index (χ1v) is 8.59. The lowest BCUT2D eigenvalue weighted by molar-refractivity contribution is -0.0683. The zero-order valence-corrected chi connectivity index (χ0v) is 14.7. The van der Waals surface area contributed by atoms with Crippen LogP contribution in [-0.4, -0.2) is 55.8 Å². The molecule has 5 nitrogen and oxygen atoms in total. The molecule has 2 fully saturated rings. The molecule has 2 aliphatic heterocycles. The first kappa shape index (κ1) is 18.1. The van der Waals surface area contributed by atoms with Crippen molar-refractivity contribution in [2.24, 2.45) is 5.92 Å². The minimum atomic E-state index is -1.18. The molecule has 0 aliphatic carbocycles. The standard InChI is InChI=1S/C18H24F2N2O3/c1-10(2)15-8-22-7-11(6-12(22)9-25-15)21-18(23)16-14(24-3)5-4-13(19)17(16)20/h4-5,10-12,15H,6-9H2,1-3H3,(H,21,23)/t11-,12-,15-/m0/s1. The Morgan fingerprint density at radius 1 is 1.36 bits per heavy atom. The molecule has 7 heteroatoms. The lowest BCUT2D eigenvalue weighted by Crippen LogP contribution is -2.48. The van der Waals surface area contributed by atoms with Gasteiger partial charge in [0.15, 0.2) is 11.6 Å². The average molecular weight is 354 g/mol. The van der Waals surface area contributed by atoms with Gasteiger partial charge < -0.3 is 14.8 Å². The third-order valence-corrected chi connectivity index (χ3v) is 5.03. The number of carbonyl (C=O) groups is 1. The van der Waals surface area contributed by atoms with Crippen LogP contribution in [0.25, 0.3) is 0 Å². The zero-order valence-electron chi connectivity index (χ0n) is 14.7. The lowest BCUT2D eigenvalue weighted by atomic mass is 10.0. The Balaban J connectivity index is 1.68. The highest BCUT2D eigenvalue weighted by Gasteiger charge is 2.39. The lowest BCUT2D eigenvalue weighted by Gasteiger charge is -2.36. The molecule has 0 unspecified atom stereocenters. The van der Waals surface area contributed by atoms with Crippen molar-refractivity contribution >= 4 is 5.91 Å². The number of halogens is 2. The average Bonchev–Trinajstić information content (AvgIpc) is 2.97. The van der Waals surface area contributed by atoms with Crippen molar-refractivity contribution in [2.75, 3.05) is 26.8 Å². The number of nitrogens with one attached hydrogen (secondary N) is 1.